The van der Waals surface area contributed by atoms with Gasteiger partial charge >= 0.3 is 5.97 Å². The maximum atomic E-state index is 12.0. The maximum Gasteiger partial charge on any atom is 0.307 e. The van der Waals surface area contributed by atoms with E-state index in [4.69, 9.17) is 9.47 Å². The van der Waals surface area contributed by atoms with E-state index in [0.717, 1.165) is 0 Å². The molecule has 1 aliphatic rings. The first kappa shape index (κ1) is 20.3. The first-order valence-corrected chi connectivity index (χ1v) is 8.54. The second-order valence-corrected chi connectivity index (χ2v) is 6.58. The van der Waals surface area contributed by atoms with E-state index >= 15 is 0 Å². The van der Waals surface area contributed by atoms with Gasteiger partial charge in [0.25, 0.3) is 5.91 Å². The molecule has 1 amide bonds. The third-order valence-corrected chi connectivity index (χ3v) is 4.65. The molecule has 0 unspecified atom stereocenters. The number of hydrogen-bond donors (Lipinski definition) is 1. The first-order valence-electron chi connectivity index (χ1n) is 8.54. The Labute approximate surface area is 156 Å². The summed E-state index contributed by atoms with van der Waals surface area (Å²) < 4.78 is 9.98. The molecule has 0 aromatic heterocycles. The van der Waals surface area contributed by atoms with Crippen LogP contribution in [0.3, 0.4) is 0 Å². The van der Waals surface area contributed by atoms with Crippen molar-refractivity contribution in [1.82, 2.24) is 0 Å². The van der Waals surface area contributed by atoms with Gasteiger partial charge in [0.05, 0.1) is 13.5 Å². The molecule has 2 rings (SSSR count). The number of anilines is 1. The molecule has 3 atom stereocenters. The van der Waals surface area contributed by atoms with E-state index < -0.39 is 35.2 Å². The number of carbonyl (C=O) groups is 3. The topological polar surface area (TPSA) is 125 Å². The van der Waals surface area contributed by atoms with Gasteiger partial charge in [-0.1, -0.05) is 13.0 Å². The quantitative estimate of drug-likeness (QED) is 0.414. The van der Waals surface area contributed by atoms with Gasteiger partial charge in [-0.3, -0.25) is 24.5 Å². The Bertz CT molecular complexity index is 734. The number of methoxy groups -OCH3 is 1. The number of nitrogens with one attached hydrogen (secondary N) is 1. The molecule has 0 radical (unpaired) electrons. The fourth-order valence-electron chi connectivity index (χ4n) is 3.28. The monoisotopic (exact) mass is 378 g/mol. The van der Waals surface area contributed by atoms with Crippen LogP contribution in [0.5, 0.6) is 5.75 Å². The fraction of sp³-hybridized carbons (Fsp3) is 0.500. The number of ether oxygens (including phenoxy) is 2. The van der Waals surface area contributed by atoms with E-state index in [-0.39, 0.29) is 31.1 Å². The Kier molecular flexibility index (Phi) is 6.86. The zero-order valence-corrected chi connectivity index (χ0v) is 15.2. The summed E-state index contributed by atoms with van der Waals surface area (Å²) in [4.78, 5) is 46.2. The first-order chi connectivity index (χ1) is 12.8. The molecular weight excluding hydrogens is 356 g/mol. The standard InChI is InChI=1S/C18H22N2O7/c1-11-6-16(21)14(15(11)9-20(24)25)8-18(23)27-10-17(22)19-12-4-3-5-13(7-12)26-2/h3-5,7,11,14-15H,6,8-10H2,1-2H3,(H,19,22)/t11-,14-,15-/m1/s1. The van der Waals surface area contributed by atoms with E-state index in [9.17, 15) is 24.5 Å². The van der Waals surface area contributed by atoms with Gasteiger partial charge in [0.2, 0.25) is 6.54 Å². The predicted molar refractivity (Wildman–Crippen MR) is 94.8 cm³/mol. The number of Topliss-reactive ketones (excluding diaryl/α,β-unsaturated/α-hetero) is 1. The molecule has 0 heterocycles. The highest BCUT2D eigenvalue weighted by atomic mass is 16.6. The normalized spacial score (nSPS) is 21.6. The van der Waals surface area contributed by atoms with Crippen molar-refractivity contribution in [1.29, 1.82) is 0 Å². The maximum absolute atomic E-state index is 12.0. The summed E-state index contributed by atoms with van der Waals surface area (Å²) in [6.07, 6.45) is -0.0408. The number of esters is 1. The zero-order valence-electron chi connectivity index (χ0n) is 15.2. The van der Waals surface area contributed by atoms with Gasteiger partial charge in [-0.25, -0.2) is 0 Å². The summed E-state index contributed by atoms with van der Waals surface area (Å²) in [5, 5.41) is 13.4. The van der Waals surface area contributed by atoms with Crippen molar-refractivity contribution in [3.63, 3.8) is 0 Å². The van der Waals surface area contributed by atoms with E-state index in [0.29, 0.717) is 11.4 Å². The number of ketones is 1. The van der Waals surface area contributed by atoms with E-state index in [2.05, 4.69) is 5.32 Å². The van der Waals surface area contributed by atoms with E-state index in [1.54, 1.807) is 31.2 Å². The van der Waals surface area contributed by atoms with Crippen LogP contribution in [0.4, 0.5) is 5.69 Å². The van der Waals surface area contributed by atoms with Gasteiger partial charge in [0.1, 0.15) is 11.5 Å². The third-order valence-electron chi connectivity index (χ3n) is 4.65. The number of carbonyl (C=O) groups excluding carboxylic acids is 3. The molecule has 0 bridgehead atoms. The molecule has 9 heteroatoms. The van der Waals surface area contributed by atoms with Gasteiger partial charge in [0, 0.05) is 34.9 Å². The smallest absolute Gasteiger partial charge is 0.307 e. The van der Waals surface area contributed by atoms with Crippen molar-refractivity contribution in [3.05, 3.63) is 34.4 Å². The van der Waals surface area contributed by atoms with Gasteiger partial charge < -0.3 is 14.8 Å². The molecule has 1 fully saturated rings. The highest BCUT2D eigenvalue weighted by Crippen LogP contribution is 2.36. The summed E-state index contributed by atoms with van der Waals surface area (Å²) in [5.41, 5.74) is 0.487. The molecule has 1 N–H and O–H groups in total. The molecule has 1 aromatic carbocycles. The summed E-state index contributed by atoms with van der Waals surface area (Å²) in [6, 6.07) is 6.68. The lowest BCUT2D eigenvalue weighted by Gasteiger charge is -2.17. The molecule has 0 aliphatic heterocycles. The fourth-order valence-corrected chi connectivity index (χ4v) is 3.28. The lowest BCUT2D eigenvalue weighted by Crippen LogP contribution is -2.28. The van der Waals surface area contributed by atoms with Crippen LogP contribution >= 0.6 is 0 Å². The number of amides is 1. The van der Waals surface area contributed by atoms with Crippen LogP contribution < -0.4 is 10.1 Å². The Morgan fingerprint density at radius 2 is 2.11 bits per heavy atom. The lowest BCUT2D eigenvalue weighted by atomic mass is 9.88. The minimum absolute atomic E-state index is 0.156. The van der Waals surface area contributed by atoms with Gasteiger partial charge in [-0.15, -0.1) is 0 Å². The Balaban J connectivity index is 1.84. The van der Waals surface area contributed by atoms with Gasteiger partial charge in [-0.05, 0) is 18.1 Å². The number of hydrogen-bond acceptors (Lipinski definition) is 7. The minimum atomic E-state index is -0.737. The van der Waals surface area contributed by atoms with E-state index in [1.165, 1.54) is 7.11 Å². The van der Waals surface area contributed by atoms with Crippen LogP contribution in [0.25, 0.3) is 0 Å². The molecule has 0 spiro atoms. The van der Waals surface area contributed by atoms with Crippen LogP contribution in [0, 0.1) is 27.9 Å². The second-order valence-electron chi connectivity index (χ2n) is 6.58. The molecular formula is C18H22N2O7. The summed E-state index contributed by atoms with van der Waals surface area (Å²) in [6.45, 7) is 0.895. The van der Waals surface area contributed by atoms with Crippen molar-refractivity contribution >= 4 is 23.3 Å². The molecule has 1 saturated carbocycles. The Morgan fingerprint density at radius 1 is 1.37 bits per heavy atom. The van der Waals surface area contributed by atoms with Gasteiger partial charge in [-0.2, -0.15) is 0 Å². The summed E-state index contributed by atoms with van der Waals surface area (Å²) in [7, 11) is 1.50. The molecule has 1 aliphatic carbocycles. The average molecular weight is 378 g/mol. The Hall–Kier alpha value is -2.97. The number of benzene rings is 1. The van der Waals surface area contributed by atoms with Crippen LogP contribution in [-0.4, -0.2) is 42.8 Å². The van der Waals surface area contributed by atoms with Gasteiger partial charge in [0.15, 0.2) is 6.61 Å². The van der Waals surface area contributed by atoms with Crippen molar-refractivity contribution in [2.75, 3.05) is 25.6 Å². The third kappa shape index (κ3) is 5.77. The highest BCUT2D eigenvalue weighted by molar-refractivity contribution is 5.93. The van der Waals surface area contributed by atoms with Crippen LogP contribution in [0.1, 0.15) is 19.8 Å². The van der Waals surface area contributed by atoms with Crippen molar-refractivity contribution in [3.8, 4) is 5.75 Å². The summed E-state index contributed by atoms with van der Waals surface area (Å²) in [5.74, 6) is -2.26. The van der Waals surface area contributed by atoms with Crippen molar-refractivity contribution in [2.24, 2.45) is 17.8 Å². The number of nitro groups is 1. The SMILES string of the molecule is COc1cccc(NC(=O)COC(=O)C[C@H]2C(=O)C[C@@H](C)[C@H]2C[N+](=O)[O-])c1. The van der Waals surface area contributed by atoms with Crippen LogP contribution in [0.15, 0.2) is 24.3 Å². The average Bonchev–Trinajstić information content (AvgIpc) is 2.86. The summed E-state index contributed by atoms with van der Waals surface area (Å²) >= 11 is 0. The van der Waals surface area contributed by atoms with Crippen molar-refractivity contribution in [2.45, 2.75) is 19.8 Å². The molecule has 9 nitrogen and oxygen atoms in total. The largest absolute Gasteiger partial charge is 0.497 e. The number of rotatable bonds is 8. The molecule has 0 saturated heterocycles. The van der Waals surface area contributed by atoms with Crippen LogP contribution in [0.2, 0.25) is 0 Å². The Morgan fingerprint density at radius 3 is 2.78 bits per heavy atom. The lowest BCUT2D eigenvalue weighted by molar-refractivity contribution is -0.490. The molecule has 27 heavy (non-hydrogen) atoms. The van der Waals surface area contributed by atoms with E-state index in [1.807, 2.05) is 0 Å². The number of nitrogens with zero attached hydrogens (tertiary/aromatic N) is 1. The predicted octanol–water partition coefficient (Wildman–Crippen LogP) is 1.69. The molecule has 146 valence electrons. The van der Waals surface area contributed by atoms with Crippen molar-refractivity contribution < 1.29 is 28.8 Å². The minimum Gasteiger partial charge on any atom is -0.497 e. The van der Waals surface area contributed by atoms with Crippen LogP contribution in [-0.2, 0) is 19.1 Å². The second kappa shape index (κ2) is 9.11. The highest BCUT2D eigenvalue weighted by Gasteiger charge is 2.44. The zero-order chi connectivity index (χ0) is 20.0. The molecule has 1 aromatic rings.